The van der Waals surface area contributed by atoms with E-state index in [4.69, 9.17) is 13.9 Å². The third-order valence-corrected chi connectivity index (χ3v) is 3.38. The molecule has 1 aliphatic rings. The molecular weight excluding hydrogens is 232 g/mol. The number of benzene rings is 1. The van der Waals surface area contributed by atoms with Gasteiger partial charge in [-0.05, 0) is 37.3 Å². The molecule has 0 saturated carbocycles. The lowest BCUT2D eigenvalue weighted by atomic mass is 10.1. The summed E-state index contributed by atoms with van der Waals surface area (Å²) in [6.07, 6.45) is 1.76. The van der Waals surface area contributed by atoms with Crippen LogP contribution in [0.4, 0.5) is 0 Å². The van der Waals surface area contributed by atoms with E-state index in [9.17, 15) is 0 Å². The normalized spacial score (nSPS) is 15.7. The summed E-state index contributed by atoms with van der Waals surface area (Å²) < 4.78 is 16.7. The summed E-state index contributed by atoms with van der Waals surface area (Å²) in [6, 6.07) is 5.89. The van der Waals surface area contributed by atoms with E-state index < -0.39 is 8.32 Å². The van der Waals surface area contributed by atoms with Gasteiger partial charge in [-0.2, -0.15) is 0 Å². The first-order valence-corrected chi connectivity index (χ1v) is 9.10. The molecule has 1 aromatic rings. The fourth-order valence-electron chi connectivity index (χ4n) is 1.72. The summed E-state index contributed by atoms with van der Waals surface area (Å²) in [6.45, 7) is 10.6. The quantitative estimate of drug-likeness (QED) is 0.604. The van der Waals surface area contributed by atoms with Crippen LogP contribution in [-0.2, 0) is 4.43 Å². The average Bonchev–Trinajstić information content (AvgIpc) is 2.71. The van der Waals surface area contributed by atoms with E-state index in [0.717, 1.165) is 17.1 Å². The summed E-state index contributed by atoms with van der Waals surface area (Å²) >= 11 is 0. The van der Waals surface area contributed by atoms with E-state index in [-0.39, 0.29) is 6.10 Å². The van der Waals surface area contributed by atoms with Gasteiger partial charge < -0.3 is 13.9 Å². The highest BCUT2D eigenvalue weighted by molar-refractivity contribution is 6.69. The third-order valence-electron chi connectivity index (χ3n) is 2.42. The van der Waals surface area contributed by atoms with Crippen molar-refractivity contribution in [2.75, 3.05) is 6.79 Å². The van der Waals surface area contributed by atoms with Crippen molar-refractivity contribution in [1.82, 2.24) is 0 Å². The molecule has 0 spiro atoms. The van der Waals surface area contributed by atoms with E-state index in [2.05, 4.69) is 26.2 Å². The largest absolute Gasteiger partial charge is 0.454 e. The zero-order valence-corrected chi connectivity index (χ0v) is 11.5. The van der Waals surface area contributed by atoms with Crippen LogP contribution in [0.25, 0.3) is 0 Å². The van der Waals surface area contributed by atoms with Gasteiger partial charge in [0.1, 0.15) is 0 Å². The maximum Gasteiger partial charge on any atom is 0.231 e. The molecule has 2 rings (SSSR count). The van der Waals surface area contributed by atoms with Crippen LogP contribution in [0.1, 0.15) is 11.7 Å². The number of fused-ring (bicyclic) bond motifs is 1. The Morgan fingerprint density at radius 2 is 2.00 bits per heavy atom. The van der Waals surface area contributed by atoms with Crippen LogP contribution in [0.15, 0.2) is 30.9 Å². The molecule has 0 fully saturated rings. The van der Waals surface area contributed by atoms with E-state index in [1.807, 2.05) is 24.3 Å². The molecule has 1 atom stereocenters. The molecule has 1 heterocycles. The first-order valence-electron chi connectivity index (χ1n) is 5.69. The molecule has 1 aliphatic heterocycles. The average molecular weight is 250 g/mol. The van der Waals surface area contributed by atoms with Gasteiger partial charge in [-0.25, -0.2) is 0 Å². The molecule has 0 aromatic heterocycles. The maximum atomic E-state index is 6.06. The van der Waals surface area contributed by atoms with Crippen LogP contribution in [0.3, 0.4) is 0 Å². The summed E-state index contributed by atoms with van der Waals surface area (Å²) in [4.78, 5) is 0. The molecule has 0 radical (unpaired) electrons. The standard InChI is InChI=1S/C13H18O3Si/c1-5-11(16-17(2,3)4)10-6-7-12-13(8-10)15-9-14-12/h5-8,11H,1,9H2,2-4H3. The van der Waals surface area contributed by atoms with Gasteiger partial charge in [0.15, 0.2) is 19.8 Å². The van der Waals surface area contributed by atoms with Crippen molar-refractivity contribution in [3.05, 3.63) is 36.4 Å². The second-order valence-corrected chi connectivity index (χ2v) is 9.46. The zero-order valence-electron chi connectivity index (χ0n) is 10.5. The van der Waals surface area contributed by atoms with Gasteiger partial charge in [0.05, 0.1) is 6.10 Å². The van der Waals surface area contributed by atoms with Crippen LogP contribution in [-0.4, -0.2) is 15.1 Å². The third kappa shape index (κ3) is 2.90. The smallest absolute Gasteiger partial charge is 0.231 e. The molecule has 92 valence electrons. The van der Waals surface area contributed by atoms with Crippen molar-refractivity contribution >= 4 is 8.32 Å². The highest BCUT2D eigenvalue weighted by Crippen LogP contribution is 2.35. The predicted octanol–water partition coefficient (Wildman–Crippen LogP) is 3.49. The number of hydrogen-bond acceptors (Lipinski definition) is 3. The fraction of sp³-hybridized carbons (Fsp3) is 0.385. The minimum absolute atomic E-state index is 0.0730. The van der Waals surface area contributed by atoms with Gasteiger partial charge in [0.2, 0.25) is 6.79 Å². The van der Waals surface area contributed by atoms with Gasteiger partial charge in [-0.3, -0.25) is 0 Å². The summed E-state index contributed by atoms with van der Waals surface area (Å²) in [5.41, 5.74) is 1.06. The molecular formula is C13H18O3Si. The van der Waals surface area contributed by atoms with E-state index in [1.54, 1.807) is 0 Å². The summed E-state index contributed by atoms with van der Waals surface area (Å²) in [7, 11) is -1.59. The first-order chi connectivity index (χ1) is 7.99. The molecule has 1 aromatic carbocycles. The lowest BCUT2D eigenvalue weighted by molar-refractivity contribution is 0.173. The van der Waals surface area contributed by atoms with Crippen molar-refractivity contribution in [3.63, 3.8) is 0 Å². The molecule has 1 unspecified atom stereocenters. The Kier molecular flexibility index (Phi) is 3.26. The van der Waals surface area contributed by atoms with Crippen LogP contribution in [0.5, 0.6) is 11.5 Å². The van der Waals surface area contributed by atoms with E-state index >= 15 is 0 Å². The lowest BCUT2D eigenvalue weighted by Gasteiger charge is -2.24. The predicted molar refractivity (Wildman–Crippen MR) is 69.9 cm³/mol. The molecule has 0 saturated heterocycles. The topological polar surface area (TPSA) is 27.7 Å². The molecule has 4 heteroatoms. The number of hydrogen-bond donors (Lipinski definition) is 0. The minimum atomic E-state index is -1.59. The monoisotopic (exact) mass is 250 g/mol. The lowest BCUT2D eigenvalue weighted by Crippen LogP contribution is -2.27. The Morgan fingerprint density at radius 3 is 2.65 bits per heavy atom. The highest BCUT2D eigenvalue weighted by Gasteiger charge is 2.22. The SMILES string of the molecule is C=CC(O[Si](C)(C)C)c1ccc2c(c1)OCO2. The Hall–Kier alpha value is -1.26. The zero-order chi connectivity index (χ0) is 12.5. The minimum Gasteiger partial charge on any atom is -0.454 e. The summed E-state index contributed by atoms with van der Waals surface area (Å²) in [5.74, 6) is 1.58. The molecule has 3 nitrogen and oxygen atoms in total. The second kappa shape index (κ2) is 4.54. The van der Waals surface area contributed by atoms with Crippen molar-refractivity contribution in [3.8, 4) is 11.5 Å². The van der Waals surface area contributed by atoms with Crippen LogP contribution < -0.4 is 9.47 Å². The maximum absolute atomic E-state index is 6.06. The molecule has 0 bridgehead atoms. The molecule has 0 aliphatic carbocycles. The first kappa shape index (κ1) is 12.2. The van der Waals surface area contributed by atoms with Crippen LogP contribution in [0, 0.1) is 0 Å². The number of rotatable bonds is 4. The Labute approximate surface area is 103 Å². The molecule has 0 amide bonds. The summed E-state index contributed by atoms with van der Waals surface area (Å²) in [5, 5.41) is 0. The Morgan fingerprint density at radius 1 is 1.29 bits per heavy atom. The van der Waals surface area contributed by atoms with Crippen molar-refractivity contribution in [1.29, 1.82) is 0 Å². The second-order valence-electron chi connectivity index (χ2n) is 5.00. The van der Waals surface area contributed by atoms with Crippen LogP contribution >= 0.6 is 0 Å². The molecule has 0 N–H and O–H groups in total. The highest BCUT2D eigenvalue weighted by atomic mass is 28.4. The molecule has 17 heavy (non-hydrogen) atoms. The van der Waals surface area contributed by atoms with Crippen LogP contribution in [0.2, 0.25) is 19.6 Å². The van der Waals surface area contributed by atoms with E-state index in [0.29, 0.717) is 6.79 Å². The van der Waals surface area contributed by atoms with Crippen molar-refractivity contribution in [2.24, 2.45) is 0 Å². The number of ether oxygens (including phenoxy) is 2. The van der Waals surface area contributed by atoms with Crippen molar-refractivity contribution in [2.45, 2.75) is 25.7 Å². The Bertz CT molecular complexity index is 423. The van der Waals surface area contributed by atoms with Gasteiger partial charge in [0.25, 0.3) is 0 Å². The van der Waals surface area contributed by atoms with Gasteiger partial charge in [-0.1, -0.05) is 12.1 Å². The van der Waals surface area contributed by atoms with Crippen molar-refractivity contribution < 1.29 is 13.9 Å². The Balaban J connectivity index is 2.23. The van der Waals surface area contributed by atoms with Gasteiger partial charge >= 0.3 is 0 Å². The van der Waals surface area contributed by atoms with Gasteiger partial charge in [-0.15, -0.1) is 6.58 Å². The van der Waals surface area contributed by atoms with Gasteiger partial charge in [0, 0.05) is 0 Å². The fourth-order valence-corrected chi connectivity index (χ4v) is 2.72. The van der Waals surface area contributed by atoms with E-state index in [1.165, 1.54) is 0 Å².